The molecule has 0 aliphatic carbocycles. The number of carbonyl (C=O) groups is 1. The summed E-state index contributed by atoms with van der Waals surface area (Å²) >= 11 is 0. The van der Waals surface area contributed by atoms with Crippen molar-refractivity contribution >= 4 is 5.97 Å². The van der Waals surface area contributed by atoms with Gasteiger partial charge in [-0.1, -0.05) is 19.9 Å². The molecule has 0 saturated heterocycles. The number of hydrogen-bond acceptors (Lipinski definition) is 2. The van der Waals surface area contributed by atoms with Crippen LogP contribution in [0.5, 0.6) is 0 Å². The van der Waals surface area contributed by atoms with E-state index in [9.17, 15) is 4.79 Å². The summed E-state index contributed by atoms with van der Waals surface area (Å²) < 4.78 is 1.47. The minimum atomic E-state index is -0.945. The van der Waals surface area contributed by atoms with Gasteiger partial charge in [0.2, 0.25) is 0 Å². The van der Waals surface area contributed by atoms with Gasteiger partial charge in [0.05, 0.1) is 12.2 Å². The molecule has 0 bridgehead atoms. The predicted octanol–water partition coefficient (Wildman–Crippen LogP) is 1.97. The van der Waals surface area contributed by atoms with E-state index in [1.807, 2.05) is 0 Å². The van der Waals surface area contributed by atoms with Crippen molar-refractivity contribution < 1.29 is 9.90 Å². The molecule has 1 N–H and O–H groups in total. The fraction of sp³-hybridized carbons (Fsp3) is 0.455. The third-order valence-corrected chi connectivity index (χ3v) is 1.97. The van der Waals surface area contributed by atoms with Crippen LogP contribution >= 0.6 is 0 Å². The maximum Gasteiger partial charge on any atom is 0.354 e. The average Bonchev–Trinajstić information content (AvgIpc) is 2.47. The Morgan fingerprint density at radius 2 is 2.40 bits per heavy atom. The van der Waals surface area contributed by atoms with Crippen molar-refractivity contribution in [3.8, 4) is 0 Å². The molecule has 1 aromatic rings. The molecule has 82 valence electrons. The summed E-state index contributed by atoms with van der Waals surface area (Å²) in [6.45, 7) is 8.16. The molecule has 0 aromatic carbocycles. The Hall–Kier alpha value is -1.58. The van der Waals surface area contributed by atoms with Crippen molar-refractivity contribution in [2.24, 2.45) is 5.92 Å². The number of carboxylic acid groups (broad SMARTS) is 1. The first-order chi connectivity index (χ1) is 7.04. The number of rotatable bonds is 5. The molecule has 1 rings (SSSR count). The second-order valence-electron chi connectivity index (χ2n) is 3.89. The molecule has 4 heteroatoms. The Balaban J connectivity index is 2.97. The second-order valence-corrected chi connectivity index (χ2v) is 3.89. The van der Waals surface area contributed by atoms with Gasteiger partial charge < -0.3 is 5.11 Å². The number of allylic oxidation sites excluding steroid dienone is 1. The summed E-state index contributed by atoms with van der Waals surface area (Å²) in [5.74, 6) is -0.474. The molecular formula is C11H16N2O2. The fourth-order valence-electron chi connectivity index (χ4n) is 1.42. The van der Waals surface area contributed by atoms with Gasteiger partial charge in [0.25, 0.3) is 0 Å². The first kappa shape index (κ1) is 11.5. The van der Waals surface area contributed by atoms with Gasteiger partial charge >= 0.3 is 5.97 Å². The van der Waals surface area contributed by atoms with E-state index in [2.05, 4.69) is 25.5 Å². The highest BCUT2D eigenvalue weighted by Crippen LogP contribution is 2.10. The van der Waals surface area contributed by atoms with Crippen molar-refractivity contribution in [3.05, 3.63) is 30.1 Å². The third kappa shape index (κ3) is 2.94. The van der Waals surface area contributed by atoms with Crippen molar-refractivity contribution in [1.29, 1.82) is 0 Å². The number of carboxylic acids is 1. The summed E-state index contributed by atoms with van der Waals surface area (Å²) in [5.41, 5.74) is 1.05. The zero-order valence-electron chi connectivity index (χ0n) is 9.10. The van der Waals surface area contributed by atoms with E-state index >= 15 is 0 Å². The molecule has 4 nitrogen and oxygen atoms in total. The van der Waals surface area contributed by atoms with E-state index in [1.165, 1.54) is 4.68 Å². The Bertz CT molecular complexity index is 367. The summed E-state index contributed by atoms with van der Waals surface area (Å²) in [4.78, 5) is 10.9. The van der Waals surface area contributed by atoms with Crippen LogP contribution in [-0.4, -0.2) is 20.9 Å². The van der Waals surface area contributed by atoms with Crippen molar-refractivity contribution in [1.82, 2.24) is 9.78 Å². The molecule has 0 amide bonds. The highest BCUT2D eigenvalue weighted by molar-refractivity contribution is 5.85. The lowest BCUT2D eigenvalue weighted by molar-refractivity contribution is 0.0684. The molecule has 0 fully saturated rings. The zero-order valence-corrected chi connectivity index (χ0v) is 9.10. The molecule has 1 heterocycles. The van der Waals surface area contributed by atoms with Crippen LogP contribution in [0.15, 0.2) is 18.7 Å². The summed E-state index contributed by atoms with van der Waals surface area (Å²) in [5, 5.41) is 13.2. The molecule has 15 heavy (non-hydrogen) atoms. The minimum Gasteiger partial charge on any atom is -0.477 e. The van der Waals surface area contributed by atoms with Crippen molar-refractivity contribution in [3.63, 3.8) is 0 Å². The monoisotopic (exact) mass is 208 g/mol. The van der Waals surface area contributed by atoms with Gasteiger partial charge in [-0.05, 0) is 18.4 Å². The highest BCUT2D eigenvalue weighted by atomic mass is 16.4. The molecule has 0 aliphatic heterocycles. The van der Waals surface area contributed by atoms with Gasteiger partial charge in [0.15, 0.2) is 0 Å². The topological polar surface area (TPSA) is 55.1 Å². The number of nitrogens with zero attached hydrogens (tertiary/aromatic N) is 2. The van der Waals surface area contributed by atoms with Gasteiger partial charge in [0, 0.05) is 0 Å². The van der Waals surface area contributed by atoms with Crippen LogP contribution in [0.2, 0.25) is 0 Å². The van der Waals surface area contributed by atoms with Crippen LogP contribution in [-0.2, 0) is 13.0 Å². The molecule has 0 saturated carbocycles. The SMILES string of the molecule is C=CCn1nc(CC(C)C)cc1C(=O)O. The Morgan fingerprint density at radius 3 is 2.87 bits per heavy atom. The van der Waals surface area contributed by atoms with Gasteiger partial charge in [-0.25, -0.2) is 4.79 Å². The standard InChI is InChI=1S/C11H16N2O2/c1-4-5-13-10(11(14)15)7-9(12-13)6-8(2)3/h4,7-8H,1,5-6H2,2-3H3,(H,14,15). The van der Waals surface area contributed by atoms with E-state index in [0.29, 0.717) is 12.5 Å². The fourth-order valence-corrected chi connectivity index (χ4v) is 1.42. The van der Waals surface area contributed by atoms with Crippen LogP contribution in [0.3, 0.4) is 0 Å². The Kier molecular flexibility index (Phi) is 3.66. The van der Waals surface area contributed by atoms with Gasteiger partial charge in [-0.2, -0.15) is 5.10 Å². The molecular weight excluding hydrogens is 192 g/mol. The van der Waals surface area contributed by atoms with E-state index in [4.69, 9.17) is 5.11 Å². The summed E-state index contributed by atoms with van der Waals surface area (Å²) in [6, 6.07) is 1.63. The number of aromatic carboxylic acids is 1. The van der Waals surface area contributed by atoms with Crippen LogP contribution in [0.25, 0.3) is 0 Å². The minimum absolute atomic E-state index is 0.227. The Labute approximate surface area is 89.2 Å². The lowest BCUT2D eigenvalue weighted by Crippen LogP contribution is -2.08. The normalized spacial score (nSPS) is 10.6. The molecule has 0 aliphatic rings. The smallest absolute Gasteiger partial charge is 0.354 e. The largest absolute Gasteiger partial charge is 0.477 e. The van der Waals surface area contributed by atoms with Gasteiger partial charge in [0.1, 0.15) is 5.69 Å². The lowest BCUT2D eigenvalue weighted by Gasteiger charge is -2.00. The second kappa shape index (κ2) is 4.77. The Morgan fingerprint density at radius 1 is 1.73 bits per heavy atom. The maximum atomic E-state index is 10.9. The van der Waals surface area contributed by atoms with E-state index in [-0.39, 0.29) is 5.69 Å². The van der Waals surface area contributed by atoms with E-state index in [1.54, 1.807) is 12.1 Å². The van der Waals surface area contributed by atoms with Crippen LogP contribution in [0, 0.1) is 5.92 Å². The molecule has 0 spiro atoms. The molecule has 0 unspecified atom stereocenters. The zero-order chi connectivity index (χ0) is 11.4. The van der Waals surface area contributed by atoms with Crippen LogP contribution < -0.4 is 0 Å². The maximum absolute atomic E-state index is 10.9. The van der Waals surface area contributed by atoms with Crippen molar-refractivity contribution in [2.75, 3.05) is 0 Å². The summed E-state index contributed by atoms with van der Waals surface area (Å²) in [6.07, 6.45) is 2.43. The average molecular weight is 208 g/mol. The van der Waals surface area contributed by atoms with E-state index < -0.39 is 5.97 Å². The van der Waals surface area contributed by atoms with E-state index in [0.717, 1.165) is 12.1 Å². The predicted molar refractivity (Wildman–Crippen MR) is 57.9 cm³/mol. The third-order valence-electron chi connectivity index (χ3n) is 1.97. The van der Waals surface area contributed by atoms with Crippen LogP contribution in [0.4, 0.5) is 0 Å². The summed E-state index contributed by atoms with van der Waals surface area (Å²) in [7, 11) is 0. The van der Waals surface area contributed by atoms with Gasteiger partial charge in [-0.15, -0.1) is 6.58 Å². The van der Waals surface area contributed by atoms with Crippen LogP contribution in [0.1, 0.15) is 30.0 Å². The molecule has 0 atom stereocenters. The van der Waals surface area contributed by atoms with Crippen molar-refractivity contribution in [2.45, 2.75) is 26.8 Å². The molecule has 0 radical (unpaired) electrons. The molecule has 1 aromatic heterocycles. The van der Waals surface area contributed by atoms with Gasteiger partial charge in [-0.3, -0.25) is 4.68 Å². The number of hydrogen-bond donors (Lipinski definition) is 1. The first-order valence-electron chi connectivity index (χ1n) is 4.95. The number of aromatic nitrogens is 2. The lowest BCUT2D eigenvalue weighted by atomic mass is 10.1. The highest BCUT2D eigenvalue weighted by Gasteiger charge is 2.13. The first-order valence-corrected chi connectivity index (χ1v) is 4.95. The quantitative estimate of drug-likeness (QED) is 0.752.